The molecule has 0 spiro atoms. The molecule has 0 aliphatic heterocycles. The highest BCUT2D eigenvalue weighted by molar-refractivity contribution is 7.89. The van der Waals surface area contributed by atoms with Gasteiger partial charge >= 0.3 is 0 Å². The van der Waals surface area contributed by atoms with Crippen molar-refractivity contribution in [3.05, 3.63) is 46.8 Å². The molecular formula is C15H21N3O3S. The van der Waals surface area contributed by atoms with Crippen LogP contribution in [0.15, 0.2) is 33.7 Å². The molecule has 2 rings (SSSR count). The lowest BCUT2D eigenvalue weighted by molar-refractivity contribution is 0.391. The second kappa shape index (κ2) is 6.60. The van der Waals surface area contributed by atoms with Gasteiger partial charge in [-0.15, -0.1) is 0 Å². The van der Waals surface area contributed by atoms with E-state index in [-0.39, 0.29) is 10.9 Å². The molecule has 1 unspecified atom stereocenters. The van der Waals surface area contributed by atoms with Gasteiger partial charge in [-0.05, 0) is 38.0 Å². The molecule has 0 aliphatic rings. The van der Waals surface area contributed by atoms with Crippen molar-refractivity contribution in [3.63, 3.8) is 0 Å². The van der Waals surface area contributed by atoms with E-state index in [1.807, 2.05) is 26.8 Å². The van der Waals surface area contributed by atoms with Crippen LogP contribution in [0.3, 0.4) is 0 Å². The zero-order valence-corrected chi connectivity index (χ0v) is 13.8. The number of nitrogens with one attached hydrogen (secondary N) is 1. The maximum atomic E-state index is 11.5. The molecule has 120 valence electrons. The van der Waals surface area contributed by atoms with Crippen molar-refractivity contribution >= 4 is 10.0 Å². The molecule has 0 fully saturated rings. The molecule has 1 aromatic heterocycles. The zero-order valence-electron chi connectivity index (χ0n) is 13.0. The summed E-state index contributed by atoms with van der Waals surface area (Å²) in [6, 6.07) is 6.73. The Morgan fingerprint density at radius 2 is 2.09 bits per heavy atom. The van der Waals surface area contributed by atoms with E-state index < -0.39 is 10.0 Å². The first kappa shape index (κ1) is 16.7. The van der Waals surface area contributed by atoms with Crippen LogP contribution in [-0.2, 0) is 16.6 Å². The topological polar surface area (TPSA) is 98.2 Å². The summed E-state index contributed by atoms with van der Waals surface area (Å²) in [7, 11) is -3.69. The molecule has 0 bridgehead atoms. The van der Waals surface area contributed by atoms with Crippen LogP contribution in [0.25, 0.3) is 0 Å². The monoisotopic (exact) mass is 323 g/mol. The first-order valence-electron chi connectivity index (χ1n) is 7.10. The number of aryl methyl sites for hydroxylation is 2. The van der Waals surface area contributed by atoms with Gasteiger partial charge in [0.25, 0.3) is 0 Å². The summed E-state index contributed by atoms with van der Waals surface area (Å²) < 4.78 is 28.1. The molecule has 1 heterocycles. The van der Waals surface area contributed by atoms with Crippen LogP contribution < -0.4 is 10.5 Å². The predicted molar refractivity (Wildman–Crippen MR) is 83.7 cm³/mol. The minimum atomic E-state index is -3.69. The Hall–Kier alpha value is -1.70. The average molecular weight is 323 g/mol. The maximum absolute atomic E-state index is 11.5. The van der Waals surface area contributed by atoms with Crippen LogP contribution in [-0.4, -0.2) is 13.6 Å². The first-order valence-corrected chi connectivity index (χ1v) is 8.65. The minimum Gasteiger partial charge on any atom is -0.361 e. The molecule has 3 N–H and O–H groups in total. The summed E-state index contributed by atoms with van der Waals surface area (Å²) >= 11 is 0. The summed E-state index contributed by atoms with van der Waals surface area (Å²) in [5.74, 6) is 0.790. The fraction of sp³-hybridized carbons (Fsp3) is 0.400. The van der Waals surface area contributed by atoms with E-state index in [0.717, 1.165) is 29.0 Å². The number of primary sulfonamides is 1. The summed E-state index contributed by atoms with van der Waals surface area (Å²) in [4.78, 5) is 0.127. The van der Waals surface area contributed by atoms with Crippen molar-refractivity contribution in [2.45, 2.75) is 44.7 Å². The van der Waals surface area contributed by atoms with Gasteiger partial charge in [-0.1, -0.05) is 24.2 Å². The number of aromatic nitrogens is 1. The highest BCUT2D eigenvalue weighted by atomic mass is 32.2. The summed E-state index contributed by atoms with van der Waals surface area (Å²) in [5.41, 5.74) is 2.78. The van der Waals surface area contributed by atoms with Gasteiger partial charge in [-0.25, -0.2) is 13.6 Å². The Balaban J connectivity index is 2.19. The lowest BCUT2D eigenvalue weighted by atomic mass is 10.0. The summed E-state index contributed by atoms with van der Waals surface area (Å²) in [6.45, 7) is 6.42. The van der Waals surface area contributed by atoms with Gasteiger partial charge in [0.2, 0.25) is 10.0 Å². The second-order valence-electron chi connectivity index (χ2n) is 5.26. The molecule has 1 atom stereocenters. The SMILES string of the molecule is CCC(NCc1c(C)noc1C)c1cccc(S(N)(=O)=O)c1. The van der Waals surface area contributed by atoms with Crippen molar-refractivity contribution < 1.29 is 12.9 Å². The zero-order chi connectivity index (χ0) is 16.3. The molecule has 6 nitrogen and oxygen atoms in total. The second-order valence-corrected chi connectivity index (χ2v) is 6.82. The van der Waals surface area contributed by atoms with Crippen LogP contribution in [0, 0.1) is 13.8 Å². The van der Waals surface area contributed by atoms with E-state index in [4.69, 9.17) is 9.66 Å². The number of benzene rings is 1. The van der Waals surface area contributed by atoms with E-state index >= 15 is 0 Å². The van der Waals surface area contributed by atoms with Gasteiger partial charge in [-0.2, -0.15) is 0 Å². The molecule has 0 amide bonds. The van der Waals surface area contributed by atoms with Crippen LogP contribution in [0.1, 0.15) is 42.0 Å². The lowest BCUT2D eigenvalue weighted by Crippen LogP contribution is -2.21. The number of hydrogen-bond donors (Lipinski definition) is 2. The van der Waals surface area contributed by atoms with E-state index in [9.17, 15) is 8.42 Å². The van der Waals surface area contributed by atoms with E-state index in [1.54, 1.807) is 12.1 Å². The van der Waals surface area contributed by atoms with Crippen molar-refractivity contribution in [2.24, 2.45) is 5.14 Å². The van der Waals surface area contributed by atoms with Crippen LogP contribution in [0.2, 0.25) is 0 Å². The Morgan fingerprint density at radius 3 is 2.64 bits per heavy atom. The van der Waals surface area contributed by atoms with Gasteiger partial charge in [0.15, 0.2) is 0 Å². The number of nitrogens with two attached hydrogens (primary N) is 1. The van der Waals surface area contributed by atoms with Crippen LogP contribution in [0.5, 0.6) is 0 Å². The quantitative estimate of drug-likeness (QED) is 0.849. The highest BCUT2D eigenvalue weighted by Gasteiger charge is 2.15. The van der Waals surface area contributed by atoms with Crippen LogP contribution in [0.4, 0.5) is 0 Å². The number of sulfonamides is 1. The lowest BCUT2D eigenvalue weighted by Gasteiger charge is -2.18. The molecule has 0 saturated heterocycles. The van der Waals surface area contributed by atoms with E-state index in [1.165, 1.54) is 6.07 Å². The summed E-state index contributed by atoms with van der Waals surface area (Å²) in [5, 5.41) is 12.5. The molecule has 1 aromatic carbocycles. The fourth-order valence-electron chi connectivity index (χ4n) is 2.39. The van der Waals surface area contributed by atoms with Gasteiger partial charge in [0, 0.05) is 18.2 Å². The fourth-order valence-corrected chi connectivity index (χ4v) is 2.95. The molecule has 7 heteroatoms. The number of hydrogen-bond acceptors (Lipinski definition) is 5. The van der Waals surface area contributed by atoms with Crippen molar-refractivity contribution in [1.82, 2.24) is 10.5 Å². The van der Waals surface area contributed by atoms with E-state index in [2.05, 4.69) is 10.5 Å². The maximum Gasteiger partial charge on any atom is 0.238 e. The molecular weight excluding hydrogens is 302 g/mol. The van der Waals surface area contributed by atoms with Gasteiger partial charge in [0.1, 0.15) is 5.76 Å². The largest absolute Gasteiger partial charge is 0.361 e. The van der Waals surface area contributed by atoms with Gasteiger partial charge < -0.3 is 9.84 Å². The number of rotatable bonds is 6. The summed E-state index contributed by atoms with van der Waals surface area (Å²) in [6.07, 6.45) is 0.817. The Kier molecular flexibility index (Phi) is 5.00. The standard InChI is InChI=1S/C15H21N3O3S/c1-4-15(17-9-14-10(2)18-21-11(14)3)12-6-5-7-13(8-12)22(16,19)20/h5-8,15,17H,4,9H2,1-3H3,(H2,16,19,20). The van der Waals surface area contributed by atoms with Crippen molar-refractivity contribution in [2.75, 3.05) is 0 Å². The van der Waals surface area contributed by atoms with Crippen molar-refractivity contribution in [3.8, 4) is 0 Å². The van der Waals surface area contributed by atoms with Crippen molar-refractivity contribution in [1.29, 1.82) is 0 Å². The minimum absolute atomic E-state index is 0.0235. The average Bonchev–Trinajstić information content (AvgIpc) is 2.79. The molecule has 22 heavy (non-hydrogen) atoms. The third kappa shape index (κ3) is 3.73. The molecule has 0 radical (unpaired) electrons. The Labute approximate surface area is 130 Å². The van der Waals surface area contributed by atoms with E-state index in [0.29, 0.717) is 6.54 Å². The predicted octanol–water partition coefficient (Wildman–Crippen LogP) is 2.18. The first-order chi connectivity index (χ1) is 10.3. The van der Waals surface area contributed by atoms with Gasteiger partial charge in [0.05, 0.1) is 10.6 Å². The number of nitrogens with zero attached hydrogens (tertiary/aromatic N) is 1. The highest BCUT2D eigenvalue weighted by Crippen LogP contribution is 2.21. The molecule has 0 saturated carbocycles. The normalized spacial score (nSPS) is 13.3. The third-order valence-electron chi connectivity index (χ3n) is 3.70. The molecule has 0 aliphatic carbocycles. The third-order valence-corrected chi connectivity index (χ3v) is 4.61. The smallest absolute Gasteiger partial charge is 0.238 e. The Morgan fingerprint density at radius 1 is 1.36 bits per heavy atom. The molecule has 2 aromatic rings. The van der Waals surface area contributed by atoms with Crippen LogP contribution >= 0.6 is 0 Å². The van der Waals surface area contributed by atoms with Gasteiger partial charge in [-0.3, -0.25) is 0 Å². The Bertz CT molecular complexity index is 734.